The fourth-order valence-electron chi connectivity index (χ4n) is 1.80. The molecule has 2 aromatic rings. The number of aryl methyl sites for hydroxylation is 1. The zero-order valence-electron chi connectivity index (χ0n) is 10.5. The molecule has 0 bridgehead atoms. The molecule has 0 aliphatic carbocycles. The molecule has 0 unspecified atom stereocenters. The van der Waals surface area contributed by atoms with Crippen LogP contribution < -0.4 is 10.5 Å². The number of ether oxygens (including phenoxy) is 1. The van der Waals surface area contributed by atoms with Gasteiger partial charge in [0.15, 0.2) is 5.82 Å². The molecule has 2 rings (SSSR count). The SMILES string of the molecule is Cc1ccccc1OCCc1[nH]nc(N)c1C(=O)O. The van der Waals surface area contributed by atoms with Crippen molar-refractivity contribution >= 4 is 11.8 Å². The molecule has 0 amide bonds. The Balaban J connectivity index is 2.00. The summed E-state index contributed by atoms with van der Waals surface area (Å²) in [7, 11) is 0. The van der Waals surface area contributed by atoms with Crippen LogP contribution in [0.5, 0.6) is 5.75 Å². The number of carbonyl (C=O) groups is 1. The Bertz CT molecular complexity index is 593. The Kier molecular flexibility index (Phi) is 3.70. The Hall–Kier alpha value is -2.50. The highest BCUT2D eigenvalue weighted by Crippen LogP contribution is 2.18. The minimum atomic E-state index is -1.09. The van der Waals surface area contributed by atoms with Gasteiger partial charge in [-0.1, -0.05) is 18.2 Å². The van der Waals surface area contributed by atoms with Crippen molar-refractivity contribution in [1.29, 1.82) is 0 Å². The van der Waals surface area contributed by atoms with Gasteiger partial charge >= 0.3 is 5.97 Å². The third kappa shape index (κ3) is 2.85. The van der Waals surface area contributed by atoms with Gasteiger partial charge in [0.25, 0.3) is 0 Å². The Morgan fingerprint density at radius 2 is 2.21 bits per heavy atom. The first kappa shape index (κ1) is 12.9. The van der Waals surface area contributed by atoms with E-state index in [1.54, 1.807) is 0 Å². The number of benzene rings is 1. The fourth-order valence-corrected chi connectivity index (χ4v) is 1.80. The molecule has 0 saturated carbocycles. The van der Waals surface area contributed by atoms with Gasteiger partial charge in [0.2, 0.25) is 0 Å². The minimum absolute atomic E-state index is 0.00149. The number of nitrogen functional groups attached to an aromatic ring is 1. The zero-order chi connectivity index (χ0) is 13.8. The van der Waals surface area contributed by atoms with E-state index >= 15 is 0 Å². The first-order chi connectivity index (χ1) is 9.09. The molecule has 6 nitrogen and oxygen atoms in total. The second kappa shape index (κ2) is 5.43. The fraction of sp³-hybridized carbons (Fsp3) is 0.231. The van der Waals surface area contributed by atoms with E-state index < -0.39 is 5.97 Å². The molecular formula is C13H15N3O3. The van der Waals surface area contributed by atoms with E-state index in [4.69, 9.17) is 15.6 Å². The number of carboxylic acid groups (broad SMARTS) is 1. The summed E-state index contributed by atoms with van der Waals surface area (Å²) in [6.45, 7) is 2.30. The normalized spacial score (nSPS) is 10.4. The number of aromatic nitrogens is 2. The van der Waals surface area contributed by atoms with Crippen molar-refractivity contribution in [3.05, 3.63) is 41.1 Å². The molecule has 1 heterocycles. The number of hydrogen-bond acceptors (Lipinski definition) is 4. The van der Waals surface area contributed by atoms with Crippen LogP contribution in [0.2, 0.25) is 0 Å². The predicted molar refractivity (Wildman–Crippen MR) is 70.3 cm³/mol. The second-order valence-electron chi connectivity index (χ2n) is 4.13. The van der Waals surface area contributed by atoms with E-state index in [1.165, 1.54) is 0 Å². The van der Waals surface area contributed by atoms with Crippen molar-refractivity contribution in [1.82, 2.24) is 10.2 Å². The van der Waals surface area contributed by atoms with Gasteiger partial charge in [0, 0.05) is 6.42 Å². The van der Waals surface area contributed by atoms with Crippen LogP contribution in [0.25, 0.3) is 0 Å². The average Bonchev–Trinajstić information content (AvgIpc) is 2.73. The molecule has 4 N–H and O–H groups in total. The summed E-state index contributed by atoms with van der Waals surface area (Å²) in [5.74, 6) is -0.303. The largest absolute Gasteiger partial charge is 0.493 e. The molecule has 0 saturated heterocycles. The molecule has 6 heteroatoms. The number of rotatable bonds is 5. The molecule has 0 aliphatic rings. The van der Waals surface area contributed by atoms with E-state index in [1.807, 2.05) is 31.2 Å². The number of nitrogens with zero attached hydrogens (tertiary/aromatic N) is 1. The van der Waals surface area contributed by atoms with Gasteiger partial charge in [-0.25, -0.2) is 4.79 Å². The summed E-state index contributed by atoms with van der Waals surface area (Å²) in [6.07, 6.45) is 0.403. The summed E-state index contributed by atoms with van der Waals surface area (Å²) >= 11 is 0. The Morgan fingerprint density at radius 1 is 1.47 bits per heavy atom. The third-order valence-electron chi connectivity index (χ3n) is 2.79. The van der Waals surface area contributed by atoms with Gasteiger partial charge < -0.3 is 15.6 Å². The van der Waals surface area contributed by atoms with E-state index in [2.05, 4.69) is 10.2 Å². The van der Waals surface area contributed by atoms with Crippen LogP contribution in [0.1, 0.15) is 21.6 Å². The van der Waals surface area contributed by atoms with Crippen molar-refractivity contribution in [3.63, 3.8) is 0 Å². The lowest BCUT2D eigenvalue weighted by atomic mass is 10.2. The number of anilines is 1. The van der Waals surface area contributed by atoms with E-state index in [0.29, 0.717) is 18.7 Å². The van der Waals surface area contributed by atoms with E-state index in [0.717, 1.165) is 11.3 Å². The van der Waals surface area contributed by atoms with Crippen molar-refractivity contribution in [2.24, 2.45) is 0 Å². The molecule has 0 atom stereocenters. The third-order valence-corrected chi connectivity index (χ3v) is 2.79. The summed E-state index contributed by atoms with van der Waals surface area (Å²) in [4.78, 5) is 11.0. The van der Waals surface area contributed by atoms with Gasteiger partial charge in [0.05, 0.1) is 12.3 Å². The number of para-hydroxylation sites is 1. The molecule has 1 aromatic carbocycles. The van der Waals surface area contributed by atoms with Gasteiger partial charge in [-0.15, -0.1) is 0 Å². The van der Waals surface area contributed by atoms with Crippen molar-refractivity contribution in [2.75, 3.05) is 12.3 Å². The lowest BCUT2D eigenvalue weighted by Crippen LogP contribution is -2.08. The molecule has 0 spiro atoms. The molecule has 0 radical (unpaired) electrons. The standard InChI is InChI=1S/C13H15N3O3/c1-8-4-2-3-5-10(8)19-7-6-9-11(13(17)18)12(14)16-15-9/h2-5H,6-7H2,1H3,(H,17,18)(H3,14,15,16). The maximum absolute atomic E-state index is 11.0. The van der Waals surface area contributed by atoms with Crippen LogP contribution in [0, 0.1) is 6.92 Å². The zero-order valence-corrected chi connectivity index (χ0v) is 10.5. The Labute approximate surface area is 110 Å². The summed E-state index contributed by atoms with van der Waals surface area (Å²) < 4.78 is 5.60. The summed E-state index contributed by atoms with van der Waals surface area (Å²) in [6, 6.07) is 7.64. The van der Waals surface area contributed by atoms with Gasteiger partial charge in [-0.05, 0) is 18.6 Å². The lowest BCUT2D eigenvalue weighted by molar-refractivity contribution is 0.0697. The van der Waals surface area contributed by atoms with Crippen molar-refractivity contribution in [3.8, 4) is 5.75 Å². The number of hydrogen-bond donors (Lipinski definition) is 3. The average molecular weight is 261 g/mol. The monoisotopic (exact) mass is 261 g/mol. The first-order valence-electron chi connectivity index (χ1n) is 5.84. The lowest BCUT2D eigenvalue weighted by Gasteiger charge is -2.08. The quantitative estimate of drug-likeness (QED) is 0.759. The number of nitrogens with one attached hydrogen (secondary N) is 1. The number of H-pyrrole nitrogens is 1. The van der Waals surface area contributed by atoms with Crippen LogP contribution in [0.4, 0.5) is 5.82 Å². The molecule has 0 aliphatic heterocycles. The van der Waals surface area contributed by atoms with Crippen LogP contribution in [-0.4, -0.2) is 27.9 Å². The van der Waals surface area contributed by atoms with Crippen LogP contribution in [0.15, 0.2) is 24.3 Å². The van der Waals surface area contributed by atoms with Gasteiger partial charge in [-0.2, -0.15) is 5.10 Å². The highest BCUT2D eigenvalue weighted by Gasteiger charge is 2.17. The van der Waals surface area contributed by atoms with E-state index in [9.17, 15) is 4.79 Å². The summed E-state index contributed by atoms with van der Waals surface area (Å²) in [5.41, 5.74) is 7.01. The molecule has 0 fully saturated rings. The van der Waals surface area contributed by atoms with Crippen molar-refractivity contribution < 1.29 is 14.6 Å². The predicted octanol–water partition coefficient (Wildman–Crippen LogP) is 1.62. The number of aromatic carboxylic acids is 1. The summed E-state index contributed by atoms with van der Waals surface area (Å²) in [5, 5.41) is 15.3. The highest BCUT2D eigenvalue weighted by atomic mass is 16.5. The molecule has 100 valence electrons. The number of carboxylic acids is 1. The topological polar surface area (TPSA) is 101 Å². The van der Waals surface area contributed by atoms with Gasteiger partial charge in [0.1, 0.15) is 11.3 Å². The molecule has 19 heavy (non-hydrogen) atoms. The molecule has 1 aromatic heterocycles. The van der Waals surface area contributed by atoms with Crippen LogP contribution in [0.3, 0.4) is 0 Å². The van der Waals surface area contributed by atoms with Crippen LogP contribution in [-0.2, 0) is 6.42 Å². The Morgan fingerprint density at radius 3 is 2.89 bits per heavy atom. The number of nitrogens with two attached hydrogens (primary N) is 1. The maximum atomic E-state index is 11.0. The smallest absolute Gasteiger partial charge is 0.341 e. The first-order valence-corrected chi connectivity index (χ1v) is 5.84. The minimum Gasteiger partial charge on any atom is -0.493 e. The number of aromatic amines is 1. The van der Waals surface area contributed by atoms with E-state index in [-0.39, 0.29) is 11.4 Å². The molecular weight excluding hydrogens is 246 g/mol. The highest BCUT2D eigenvalue weighted by molar-refractivity contribution is 5.93. The van der Waals surface area contributed by atoms with Crippen LogP contribution >= 0.6 is 0 Å². The second-order valence-corrected chi connectivity index (χ2v) is 4.13. The maximum Gasteiger partial charge on any atom is 0.341 e. The van der Waals surface area contributed by atoms with Gasteiger partial charge in [-0.3, -0.25) is 5.10 Å². The van der Waals surface area contributed by atoms with Crippen molar-refractivity contribution in [2.45, 2.75) is 13.3 Å².